The lowest BCUT2D eigenvalue weighted by molar-refractivity contribution is -0.387. The minimum absolute atomic E-state index is 0.0676. The summed E-state index contributed by atoms with van der Waals surface area (Å²) in [5.74, 6) is 0.0676. The Bertz CT molecular complexity index is 665. The molecule has 1 aromatic rings. The first-order valence-electron chi connectivity index (χ1n) is 7.01. The molecule has 1 aliphatic rings. The molecule has 1 aliphatic carbocycles. The van der Waals surface area contributed by atoms with Crippen LogP contribution in [0.3, 0.4) is 0 Å². The molecule has 0 spiro atoms. The summed E-state index contributed by atoms with van der Waals surface area (Å²) in [7, 11) is -3.96. The summed E-state index contributed by atoms with van der Waals surface area (Å²) >= 11 is 3.11. The molecule has 0 radical (unpaired) electrons. The van der Waals surface area contributed by atoms with Gasteiger partial charge in [0.05, 0.1) is 4.92 Å². The Morgan fingerprint density at radius 2 is 2.05 bits per heavy atom. The van der Waals surface area contributed by atoms with Crippen LogP contribution in [-0.4, -0.2) is 25.9 Å². The first kappa shape index (κ1) is 17.3. The lowest BCUT2D eigenvalue weighted by Crippen LogP contribution is -2.44. The largest absolute Gasteiger partial charge is 0.330 e. The van der Waals surface area contributed by atoms with Crippen LogP contribution in [0.2, 0.25) is 0 Å². The summed E-state index contributed by atoms with van der Waals surface area (Å²) in [6.07, 6.45) is 3.52. The third-order valence-electron chi connectivity index (χ3n) is 3.93. The van der Waals surface area contributed by atoms with Gasteiger partial charge in [-0.15, -0.1) is 0 Å². The molecule has 2 unspecified atom stereocenters. The average Bonchev–Trinajstić information content (AvgIpc) is 2.47. The second-order valence-corrected chi connectivity index (χ2v) is 7.98. The lowest BCUT2D eigenvalue weighted by atomic mass is 9.85. The van der Waals surface area contributed by atoms with Crippen LogP contribution in [0.4, 0.5) is 5.69 Å². The summed E-state index contributed by atoms with van der Waals surface area (Å²) in [5.41, 5.74) is 5.26. The van der Waals surface area contributed by atoms with Crippen LogP contribution in [0.15, 0.2) is 27.6 Å². The summed E-state index contributed by atoms with van der Waals surface area (Å²) in [6, 6.07) is 3.63. The Labute approximate surface area is 137 Å². The van der Waals surface area contributed by atoms with Gasteiger partial charge in [0.15, 0.2) is 4.90 Å². The van der Waals surface area contributed by atoms with Crippen LogP contribution >= 0.6 is 15.9 Å². The van der Waals surface area contributed by atoms with Gasteiger partial charge in [-0.05, 0) is 37.4 Å². The Morgan fingerprint density at radius 3 is 2.68 bits per heavy atom. The number of nitrogens with one attached hydrogen (secondary N) is 1. The fraction of sp³-hybridized carbons (Fsp3) is 0.538. The van der Waals surface area contributed by atoms with E-state index in [9.17, 15) is 18.5 Å². The number of halogens is 1. The highest BCUT2D eigenvalue weighted by Crippen LogP contribution is 2.30. The highest BCUT2D eigenvalue weighted by Gasteiger charge is 2.32. The number of nitro groups is 1. The van der Waals surface area contributed by atoms with E-state index in [4.69, 9.17) is 5.73 Å². The van der Waals surface area contributed by atoms with E-state index in [1.807, 2.05) is 0 Å². The van der Waals surface area contributed by atoms with Crippen LogP contribution in [0, 0.1) is 16.0 Å². The van der Waals surface area contributed by atoms with E-state index in [2.05, 4.69) is 20.7 Å². The van der Waals surface area contributed by atoms with E-state index in [0.29, 0.717) is 17.4 Å². The van der Waals surface area contributed by atoms with Crippen molar-refractivity contribution in [3.05, 3.63) is 32.8 Å². The van der Waals surface area contributed by atoms with Gasteiger partial charge in [-0.25, -0.2) is 13.1 Å². The number of nitrogens with zero attached hydrogens (tertiary/aromatic N) is 1. The fourth-order valence-electron chi connectivity index (χ4n) is 2.77. The maximum absolute atomic E-state index is 12.5. The minimum Gasteiger partial charge on any atom is -0.330 e. The third kappa shape index (κ3) is 3.83. The van der Waals surface area contributed by atoms with Crippen molar-refractivity contribution < 1.29 is 13.3 Å². The maximum atomic E-state index is 12.5. The van der Waals surface area contributed by atoms with E-state index < -0.39 is 20.6 Å². The van der Waals surface area contributed by atoms with Crippen molar-refractivity contribution in [2.45, 2.75) is 36.6 Å². The van der Waals surface area contributed by atoms with Crippen molar-refractivity contribution in [2.75, 3.05) is 6.54 Å². The number of hydrogen-bond donors (Lipinski definition) is 2. The summed E-state index contributed by atoms with van der Waals surface area (Å²) in [6.45, 7) is 0.398. The van der Waals surface area contributed by atoms with Gasteiger partial charge < -0.3 is 5.73 Å². The minimum atomic E-state index is -3.96. The quantitative estimate of drug-likeness (QED) is 0.589. The van der Waals surface area contributed by atoms with E-state index in [1.54, 1.807) is 0 Å². The molecular weight excluding hydrogens is 374 g/mol. The Hall–Kier alpha value is -1.03. The molecule has 2 rings (SSSR count). The summed E-state index contributed by atoms with van der Waals surface area (Å²) < 4.78 is 28.1. The number of nitro benzene ring substituents is 1. The number of sulfonamides is 1. The van der Waals surface area contributed by atoms with Crippen LogP contribution in [-0.2, 0) is 10.0 Å². The van der Waals surface area contributed by atoms with Crippen molar-refractivity contribution in [3.8, 4) is 0 Å². The van der Waals surface area contributed by atoms with E-state index in [0.717, 1.165) is 19.3 Å². The predicted molar refractivity (Wildman–Crippen MR) is 85.9 cm³/mol. The first-order chi connectivity index (χ1) is 10.3. The number of hydrogen-bond acceptors (Lipinski definition) is 5. The molecule has 0 heterocycles. The molecule has 0 bridgehead atoms. The van der Waals surface area contributed by atoms with Crippen LogP contribution in [0.5, 0.6) is 0 Å². The number of benzene rings is 1. The van der Waals surface area contributed by atoms with Gasteiger partial charge in [-0.2, -0.15) is 0 Å². The van der Waals surface area contributed by atoms with E-state index >= 15 is 0 Å². The molecule has 2 atom stereocenters. The normalized spacial score (nSPS) is 22.5. The second kappa shape index (κ2) is 7.03. The van der Waals surface area contributed by atoms with Gasteiger partial charge in [0.25, 0.3) is 5.69 Å². The molecule has 7 nitrogen and oxygen atoms in total. The van der Waals surface area contributed by atoms with Crippen LogP contribution < -0.4 is 10.5 Å². The fourth-order valence-corrected chi connectivity index (χ4v) is 4.61. The van der Waals surface area contributed by atoms with Crippen molar-refractivity contribution in [3.63, 3.8) is 0 Å². The van der Waals surface area contributed by atoms with Crippen molar-refractivity contribution in [1.29, 1.82) is 0 Å². The van der Waals surface area contributed by atoms with Crippen LogP contribution in [0.1, 0.15) is 25.7 Å². The number of rotatable bonds is 5. The molecular formula is C13H18BrN3O4S. The topological polar surface area (TPSA) is 115 Å². The molecule has 0 aromatic heterocycles. The Balaban J connectivity index is 2.32. The smallest absolute Gasteiger partial charge is 0.290 e. The van der Waals surface area contributed by atoms with Gasteiger partial charge in [0.1, 0.15) is 0 Å². The zero-order chi connectivity index (χ0) is 16.3. The standard InChI is InChI=1S/C13H18BrN3O4S/c14-10-5-6-13(12(7-10)17(18)19)22(20,21)16-11-4-2-1-3-9(11)8-15/h5-7,9,11,16H,1-4,8,15H2. The first-order valence-corrected chi connectivity index (χ1v) is 9.29. The SMILES string of the molecule is NCC1CCCCC1NS(=O)(=O)c1ccc(Br)cc1[N+](=O)[O-]. The second-order valence-electron chi connectivity index (χ2n) is 5.38. The van der Waals surface area contributed by atoms with Gasteiger partial charge >= 0.3 is 0 Å². The molecule has 1 fully saturated rings. The van der Waals surface area contributed by atoms with Gasteiger partial charge in [0, 0.05) is 16.6 Å². The van der Waals surface area contributed by atoms with Gasteiger partial charge in [-0.3, -0.25) is 10.1 Å². The van der Waals surface area contributed by atoms with Crippen molar-refractivity contribution in [1.82, 2.24) is 4.72 Å². The third-order valence-corrected chi connectivity index (χ3v) is 5.96. The maximum Gasteiger partial charge on any atom is 0.290 e. The highest BCUT2D eigenvalue weighted by molar-refractivity contribution is 9.10. The predicted octanol–water partition coefficient (Wildman–Crippen LogP) is 2.15. The molecule has 9 heteroatoms. The highest BCUT2D eigenvalue weighted by atomic mass is 79.9. The molecule has 22 heavy (non-hydrogen) atoms. The van der Waals surface area contributed by atoms with Crippen molar-refractivity contribution >= 4 is 31.6 Å². The molecule has 1 saturated carbocycles. The molecule has 0 saturated heterocycles. The Kier molecular flexibility index (Phi) is 5.54. The molecule has 1 aromatic carbocycles. The van der Waals surface area contributed by atoms with E-state index in [-0.39, 0.29) is 16.9 Å². The Morgan fingerprint density at radius 1 is 1.36 bits per heavy atom. The lowest BCUT2D eigenvalue weighted by Gasteiger charge is -2.30. The summed E-state index contributed by atoms with van der Waals surface area (Å²) in [5, 5.41) is 11.1. The van der Waals surface area contributed by atoms with E-state index in [1.165, 1.54) is 18.2 Å². The van der Waals surface area contributed by atoms with Crippen LogP contribution in [0.25, 0.3) is 0 Å². The molecule has 122 valence electrons. The van der Waals surface area contributed by atoms with Crippen molar-refractivity contribution in [2.24, 2.45) is 11.7 Å². The monoisotopic (exact) mass is 391 g/mol. The number of nitrogens with two attached hydrogens (primary N) is 1. The zero-order valence-electron chi connectivity index (χ0n) is 11.9. The molecule has 3 N–H and O–H groups in total. The zero-order valence-corrected chi connectivity index (χ0v) is 14.3. The average molecular weight is 392 g/mol. The summed E-state index contributed by atoms with van der Waals surface area (Å²) in [4.78, 5) is 10.1. The molecule has 0 amide bonds. The van der Waals surface area contributed by atoms with Gasteiger partial charge in [0.2, 0.25) is 10.0 Å². The van der Waals surface area contributed by atoms with Gasteiger partial charge in [-0.1, -0.05) is 28.8 Å². The molecule has 0 aliphatic heterocycles.